The number of hydrogen-bond acceptors (Lipinski definition) is 8. The van der Waals surface area contributed by atoms with Crippen molar-refractivity contribution in [2.24, 2.45) is 11.5 Å². The molecule has 2 atom stereocenters. The molecule has 256 valence electrons. The number of piperazine rings is 1. The number of rotatable bonds is 13. The largest absolute Gasteiger partial charge is 0.487 e. The van der Waals surface area contributed by atoms with Gasteiger partial charge in [-0.3, -0.25) is 9.59 Å². The lowest BCUT2D eigenvalue weighted by Crippen LogP contribution is -2.61. The van der Waals surface area contributed by atoms with Crippen LogP contribution in [0.2, 0.25) is 10.0 Å². The minimum Gasteiger partial charge on any atom is -0.487 e. The number of benzene rings is 2. The lowest BCUT2D eigenvalue weighted by atomic mass is 9.98. The highest BCUT2D eigenvalue weighted by molar-refractivity contribution is 7.89. The maximum atomic E-state index is 13.8. The summed E-state index contributed by atoms with van der Waals surface area (Å²) in [4.78, 5) is 34.1. The van der Waals surface area contributed by atoms with Crippen molar-refractivity contribution in [1.82, 2.24) is 19.5 Å². The molecule has 47 heavy (non-hydrogen) atoms. The highest BCUT2D eigenvalue weighted by Crippen LogP contribution is 2.34. The number of aryl methyl sites for hydroxylation is 2. The first-order valence-corrected chi connectivity index (χ1v) is 18.0. The summed E-state index contributed by atoms with van der Waals surface area (Å²) in [6, 6.07) is 10.1. The molecule has 0 bridgehead atoms. The third kappa shape index (κ3) is 8.54. The number of hydrogen-bond donors (Lipinski definition) is 3. The fourth-order valence-electron chi connectivity index (χ4n) is 5.70. The molecule has 0 unspecified atom stereocenters. The predicted octanol–water partition coefficient (Wildman–Crippen LogP) is 4.31. The van der Waals surface area contributed by atoms with E-state index in [4.69, 9.17) is 39.4 Å². The molecule has 1 aliphatic rings. The van der Waals surface area contributed by atoms with Crippen molar-refractivity contribution < 1.29 is 22.7 Å². The second kappa shape index (κ2) is 15.5. The van der Waals surface area contributed by atoms with Crippen molar-refractivity contribution in [3.63, 3.8) is 0 Å². The summed E-state index contributed by atoms with van der Waals surface area (Å²) in [5.41, 5.74) is 13.0. The first kappa shape index (κ1) is 36.8. The second-order valence-electron chi connectivity index (χ2n) is 12.2. The van der Waals surface area contributed by atoms with Crippen LogP contribution in [0.4, 0.5) is 0 Å². The third-order valence-electron chi connectivity index (χ3n) is 8.62. The lowest BCUT2D eigenvalue weighted by Gasteiger charge is -2.40. The highest BCUT2D eigenvalue weighted by Gasteiger charge is 2.41. The van der Waals surface area contributed by atoms with E-state index in [1.54, 1.807) is 29.7 Å². The Kier molecular flexibility index (Phi) is 12.1. The van der Waals surface area contributed by atoms with Crippen LogP contribution in [0.25, 0.3) is 10.9 Å². The van der Waals surface area contributed by atoms with E-state index in [0.717, 1.165) is 23.1 Å². The number of ether oxygens (including phenoxy) is 1. The second-order valence-corrected chi connectivity index (χ2v) is 14.7. The smallest absolute Gasteiger partial charge is 0.243 e. The first-order valence-electron chi connectivity index (χ1n) is 15.7. The molecular formula is C33H44Cl2N6O5S. The van der Waals surface area contributed by atoms with E-state index in [1.165, 1.54) is 12.1 Å². The van der Waals surface area contributed by atoms with Crippen LogP contribution in [0, 0.1) is 13.8 Å². The molecule has 14 heteroatoms. The van der Waals surface area contributed by atoms with Crippen LogP contribution in [-0.4, -0.2) is 79.3 Å². The van der Waals surface area contributed by atoms with Gasteiger partial charge in [0.15, 0.2) is 0 Å². The SMILES string of the molecule is CC[C@@](C)(NS(=O)(=O)c1ccc(Cl)c(COc2cccc3c(C)cc(C)nc23)c1Cl)C(=O)N1CCN(C(=O)C[C@@H](N)CCCN)CC1. The molecule has 1 aromatic heterocycles. The van der Waals surface area contributed by atoms with E-state index < -0.39 is 21.5 Å². The van der Waals surface area contributed by atoms with E-state index in [-0.39, 0.29) is 65.0 Å². The van der Waals surface area contributed by atoms with E-state index >= 15 is 0 Å². The Bertz CT molecular complexity index is 1730. The van der Waals surface area contributed by atoms with Crippen LogP contribution in [-0.2, 0) is 26.2 Å². The van der Waals surface area contributed by atoms with Crippen LogP contribution < -0.4 is 20.9 Å². The molecule has 2 heterocycles. The Balaban J connectivity index is 1.47. The summed E-state index contributed by atoms with van der Waals surface area (Å²) in [7, 11) is -4.30. The van der Waals surface area contributed by atoms with Gasteiger partial charge in [0.2, 0.25) is 21.8 Å². The van der Waals surface area contributed by atoms with Crippen LogP contribution in [0.5, 0.6) is 5.75 Å². The third-order valence-corrected chi connectivity index (χ3v) is 11.2. The normalized spacial score (nSPS) is 15.8. The predicted molar refractivity (Wildman–Crippen MR) is 185 cm³/mol. The van der Waals surface area contributed by atoms with E-state index in [9.17, 15) is 18.0 Å². The number of amides is 2. The van der Waals surface area contributed by atoms with Crippen LogP contribution in [0.1, 0.15) is 56.4 Å². The van der Waals surface area contributed by atoms with E-state index in [1.807, 2.05) is 32.0 Å². The summed E-state index contributed by atoms with van der Waals surface area (Å²) in [5, 5.41) is 1.06. The Hall–Kier alpha value is -3.00. The first-order chi connectivity index (χ1) is 22.2. The maximum absolute atomic E-state index is 13.8. The molecule has 1 fully saturated rings. The molecule has 1 aliphatic heterocycles. The molecular weight excluding hydrogens is 663 g/mol. The number of sulfonamides is 1. The number of fused-ring (bicyclic) bond motifs is 1. The van der Waals surface area contributed by atoms with Crippen LogP contribution in [0.15, 0.2) is 41.3 Å². The van der Waals surface area contributed by atoms with Crippen LogP contribution >= 0.6 is 23.2 Å². The molecule has 4 rings (SSSR count). The molecule has 1 saturated heterocycles. The highest BCUT2D eigenvalue weighted by atomic mass is 35.5. The van der Waals surface area contributed by atoms with Gasteiger partial charge in [0.1, 0.15) is 28.3 Å². The van der Waals surface area contributed by atoms with Gasteiger partial charge in [0, 0.05) is 60.3 Å². The number of halogens is 2. The molecule has 0 spiro atoms. The topological polar surface area (TPSA) is 161 Å². The molecule has 2 amide bonds. The number of aromatic nitrogens is 1. The number of para-hydroxylation sites is 1. The average molecular weight is 708 g/mol. The van der Waals surface area contributed by atoms with Gasteiger partial charge in [-0.15, -0.1) is 0 Å². The van der Waals surface area contributed by atoms with E-state index in [2.05, 4.69) is 9.71 Å². The Labute approximate surface area is 287 Å². The fourth-order valence-corrected chi connectivity index (χ4v) is 8.03. The fraction of sp³-hybridized carbons (Fsp3) is 0.485. The minimum absolute atomic E-state index is 0.0697. The zero-order valence-electron chi connectivity index (χ0n) is 27.3. The molecule has 3 aromatic rings. The Morgan fingerprint density at radius 3 is 2.45 bits per heavy atom. The lowest BCUT2D eigenvalue weighted by molar-refractivity contribution is -0.143. The van der Waals surface area contributed by atoms with Crippen LogP contribution in [0.3, 0.4) is 0 Å². The van der Waals surface area contributed by atoms with Gasteiger partial charge in [0.25, 0.3) is 0 Å². The van der Waals surface area contributed by atoms with Crippen molar-refractivity contribution in [3.05, 3.63) is 63.3 Å². The summed E-state index contributed by atoms with van der Waals surface area (Å²) in [6.45, 7) is 8.78. The Morgan fingerprint density at radius 1 is 1.11 bits per heavy atom. The number of nitrogens with two attached hydrogens (primary N) is 2. The number of pyridine rings is 1. The van der Waals surface area contributed by atoms with Gasteiger partial charge in [-0.2, -0.15) is 4.72 Å². The summed E-state index contributed by atoms with van der Waals surface area (Å²) >= 11 is 13.2. The standard InChI is InChI=1S/C33H44Cl2N6O5S/c1-5-33(4,32(43)41-16-14-40(15-17-41)29(42)19-23(37)8-7-13-36)39-47(44,45)28-12-11-26(34)25(30(28)35)20-46-27-10-6-9-24-21(2)18-22(3)38-31(24)27/h6,9-12,18,23,39H,5,7-8,13-17,19-20,36-37H2,1-4H3/t23-,33+/m0/s1. The summed E-state index contributed by atoms with van der Waals surface area (Å²) in [6.07, 6.45) is 1.81. The molecule has 11 nitrogen and oxygen atoms in total. The van der Waals surface area contributed by atoms with Crippen molar-refractivity contribution in [1.29, 1.82) is 0 Å². The minimum atomic E-state index is -4.30. The maximum Gasteiger partial charge on any atom is 0.243 e. The summed E-state index contributed by atoms with van der Waals surface area (Å²) in [5.74, 6) is 0.0471. The van der Waals surface area contributed by atoms with Gasteiger partial charge in [0.05, 0.1) is 5.02 Å². The molecule has 0 saturated carbocycles. The monoisotopic (exact) mass is 706 g/mol. The number of nitrogens with one attached hydrogen (secondary N) is 1. The van der Waals surface area contributed by atoms with Gasteiger partial charge < -0.3 is 26.0 Å². The van der Waals surface area contributed by atoms with Gasteiger partial charge in [-0.25, -0.2) is 13.4 Å². The zero-order valence-corrected chi connectivity index (χ0v) is 29.6. The number of nitrogens with zero attached hydrogens (tertiary/aromatic N) is 3. The zero-order chi connectivity index (χ0) is 34.5. The molecule has 0 aliphatic carbocycles. The van der Waals surface area contributed by atoms with Gasteiger partial charge in [-0.05, 0) is 76.4 Å². The van der Waals surface area contributed by atoms with Crippen molar-refractivity contribution in [2.45, 2.75) is 76.5 Å². The van der Waals surface area contributed by atoms with Crippen molar-refractivity contribution in [3.8, 4) is 5.75 Å². The average Bonchev–Trinajstić information content (AvgIpc) is 3.03. The number of carbonyl (C=O) groups excluding carboxylic acids is 2. The quantitative estimate of drug-likeness (QED) is 0.237. The van der Waals surface area contributed by atoms with Gasteiger partial charge in [-0.1, -0.05) is 42.3 Å². The van der Waals surface area contributed by atoms with Crippen molar-refractivity contribution >= 4 is 55.9 Å². The summed E-state index contributed by atoms with van der Waals surface area (Å²) < 4.78 is 36.3. The Morgan fingerprint density at radius 2 is 1.79 bits per heavy atom. The van der Waals surface area contributed by atoms with Gasteiger partial charge >= 0.3 is 0 Å². The molecule has 0 radical (unpaired) electrons. The molecule has 5 N–H and O–H groups in total. The van der Waals surface area contributed by atoms with E-state index in [0.29, 0.717) is 37.3 Å². The molecule has 2 aromatic carbocycles. The number of carbonyl (C=O) groups is 2. The van der Waals surface area contributed by atoms with Crippen molar-refractivity contribution in [2.75, 3.05) is 32.7 Å².